The van der Waals surface area contributed by atoms with E-state index in [1.54, 1.807) is 25.1 Å². The summed E-state index contributed by atoms with van der Waals surface area (Å²) in [5, 5.41) is 18.2. The van der Waals surface area contributed by atoms with E-state index in [-0.39, 0.29) is 17.2 Å². The van der Waals surface area contributed by atoms with Gasteiger partial charge in [-0.25, -0.2) is 0 Å². The van der Waals surface area contributed by atoms with Crippen LogP contribution in [0.1, 0.15) is 20.8 Å². The summed E-state index contributed by atoms with van der Waals surface area (Å²) in [6.07, 6.45) is 0. The van der Waals surface area contributed by atoms with Gasteiger partial charge in [-0.2, -0.15) is 0 Å². The molecular formula is C18H23N5O2. The summed E-state index contributed by atoms with van der Waals surface area (Å²) in [6.45, 7) is 7.60. The standard InChI is InChI=1S/C18H23N5O2/c1-12(24)23-9-8-22(11-18(23,2)3)15-10-14(20-21-17(15)19)13-6-4-5-7-16(13)25/h4-7,10,25H,8-9,11H2,1-3H3,(H2,19,21). The summed E-state index contributed by atoms with van der Waals surface area (Å²) in [5.41, 5.74) is 7.69. The van der Waals surface area contributed by atoms with Crippen LogP contribution in [0.4, 0.5) is 11.5 Å². The Kier molecular flexibility index (Phi) is 4.24. The molecule has 2 aromatic rings. The lowest BCUT2D eigenvalue weighted by molar-refractivity contribution is -0.134. The van der Waals surface area contributed by atoms with Crippen LogP contribution in [0.2, 0.25) is 0 Å². The van der Waals surface area contributed by atoms with Crippen molar-refractivity contribution in [3.63, 3.8) is 0 Å². The molecule has 0 atom stereocenters. The number of nitrogen functional groups attached to an aromatic ring is 1. The number of piperazine rings is 1. The van der Waals surface area contributed by atoms with E-state index in [2.05, 4.69) is 15.1 Å². The van der Waals surface area contributed by atoms with Gasteiger partial charge >= 0.3 is 0 Å². The molecule has 1 amide bonds. The molecule has 1 aromatic carbocycles. The molecule has 2 heterocycles. The third kappa shape index (κ3) is 3.22. The Balaban J connectivity index is 1.95. The van der Waals surface area contributed by atoms with Gasteiger partial charge in [0.1, 0.15) is 5.75 Å². The first-order chi connectivity index (χ1) is 11.8. The number of phenolic OH excluding ortho intramolecular Hbond substituents is 1. The Morgan fingerprint density at radius 1 is 1.24 bits per heavy atom. The number of anilines is 2. The SMILES string of the molecule is CC(=O)N1CCN(c2cc(-c3ccccc3O)nnc2N)CC1(C)C. The highest BCUT2D eigenvalue weighted by Gasteiger charge is 2.36. The van der Waals surface area contributed by atoms with Gasteiger partial charge in [0.05, 0.1) is 16.9 Å². The van der Waals surface area contributed by atoms with E-state index in [0.29, 0.717) is 36.7 Å². The Morgan fingerprint density at radius 3 is 2.60 bits per heavy atom. The summed E-state index contributed by atoms with van der Waals surface area (Å²) in [5.74, 6) is 0.556. The average molecular weight is 341 g/mol. The lowest BCUT2D eigenvalue weighted by Crippen LogP contribution is -2.60. The molecule has 7 nitrogen and oxygen atoms in total. The summed E-state index contributed by atoms with van der Waals surface area (Å²) in [7, 11) is 0. The maximum atomic E-state index is 11.8. The first-order valence-corrected chi connectivity index (χ1v) is 8.24. The van der Waals surface area contributed by atoms with Crippen LogP contribution >= 0.6 is 0 Å². The Morgan fingerprint density at radius 2 is 1.96 bits per heavy atom. The molecule has 0 bridgehead atoms. The maximum absolute atomic E-state index is 11.8. The largest absolute Gasteiger partial charge is 0.507 e. The van der Waals surface area contributed by atoms with E-state index in [4.69, 9.17) is 5.73 Å². The molecule has 0 saturated carbocycles. The van der Waals surface area contributed by atoms with Gasteiger partial charge in [-0.15, -0.1) is 10.2 Å². The van der Waals surface area contributed by atoms with Crippen molar-refractivity contribution in [3.8, 4) is 17.0 Å². The average Bonchev–Trinajstić information content (AvgIpc) is 2.54. The Bertz CT molecular complexity index is 806. The van der Waals surface area contributed by atoms with Gasteiger partial charge in [0.15, 0.2) is 5.82 Å². The van der Waals surface area contributed by atoms with Crippen molar-refractivity contribution in [2.75, 3.05) is 30.3 Å². The van der Waals surface area contributed by atoms with Gasteiger partial charge in [-0.05, 0) is 32.0 Å². The minimum Gasteiger partial charge on any atom is -0.507 e. The molecule has 0 radical (unpaired) electrons. The van der Waals surface area contributed by atoms with Gasteiger partial charge in [0.25, 0.3) is 0 Å². The molecule has 132 valence electrons. The minimum atomic E-state index is -0.311. The van der Waals surface area contributed by atoms with Crippen molar-refractivity contribution in [2.45, 2.75) is 26.3 Å². The molecule has 1 fully saturated rings. The van der Waals surface area contributed by atoms with E-state index in [9.17, 15) is 9.90 Å². The number of amides is 1. The number of hydrogen-bond donors (Lipinski definition) is 2. The fourth-order valence-electron chi connectivity index (χ4n) is 3.41. The van der Waals surface area contributed by atoms with Crippen LogP contribution in [0.15, 0.2) is 30.3 Å². The second kappa shape index (κ2) is 6.23. The Labute approximate surface area is 147 Å². The number of phenols is 1. The van der Waals surface area contributed by atoms with Crippen molar-refractivity contribution in [1.82, 2.24) is 15.1 Å². The quantitative estimate of drug-likeness (QED) is 0.866. The van der Waals surface area contributed by atoms with Crippen molar-refractivity contribution < 1.29 is 9.90 Å². The lowest BCUT2D eigenvalue weighted by atomic mass is 9.98. The Hall–Kier alpha value is -2.83. The highest BCUT2D eigenvalue weighted by molar-refractivity contribution is 5.76. The number of aromatic hydroxyl groups is 1. The summed E-state index contributed by atoms with van der Waals surface area (Å²) in [6, 6.07) is 8.84. The van der Waals surface area contributed by atoms with Crippen molar-refractivity contribution >= 4 is 17.4 Å². The molecule has 1 aromatic heterocycles. The van der Waals surface area contributed by atoms with Gasteiger partial charge in [-0.1, -0.05) is 12.1 Å². The molecule has 1 aliphatic heterocycles. The predicted molar refractivity (Wildman–Crippen MR) is 97.2 cm³/mol. The number of aromatic nitrogens is 2. The van der Waals surface area contributed by atoms with Gasteiger partial charge in [0, 0.05) is 32.1 Å². The molecule has 25 heavy (non-hydrogen) atoms. The van der Waals surface area contributed by atoms with Crippen molar-refractivity contribution in [1.29, 1.82) is 0 Å². The molecule has 7 heteroatoms. The predicted octanol–water partition coefficient (Wildman–Crippen LogP) is 1.88. The van der Waals surface area contributed by atoms with E-state index < -0.39 is 0 Å². The number of para-hydroxylation sites is 1. The maximum Gasteiger partial charge on any atom is 0.220 e. The number of rotatable bonds is 2. The molecule has 1 aliphatic rings. The molecule has 3 rings (SSSR count). The zero-order chi connectivity index (χ0) is 18.2. The number of nitrogens with zero attached hydrogens (tertiary/aromatic N) is 4. The number of benzene rings is 1. The highest BCUT2D eigenvalue weighted by Crippen LogP contribution is 2.33. The summed E-state index contributed by atoms with van der Waals surface area (Å²) < 4.78 is 0. The second-order valence-electron chi connectivity index (χ2n) is 6.92. The summed E-state index contributed by atoms with van der Waals surface area (Å²) in [4.78, 5) is 15.8. The normalized spacial score (nSPS) is 16.8. The minimum absolute atomic E-state index is 0.0698. The molecular weight excluding hydrogens is 318 g/mol. The lowest BCUT2D eigenvalue weighted by Gasteiger charge is -2.47. The van der Waals surface area contributed by atoms with E-state index >= 15 is 0 Å². The van der Waals surface area contributed by atoms with E-state index in [0.717, 1.165) is 5.69 Å². The van der Waals surface area contributed by atoms with Gasteiger partial charge < -0.3 is 20.6 Å². The molecule has 1 saturated heterocycles. The zero-order valence-electron chi connectivity index (χ0n) is 14.7. The first-order valence-electron chi connectivity index (χ1n) is 8.24. The van der Waals surface area contributed by atoms with Crippen molar-refractivity contribution in [2.24, 2.45) is 0 Å². The number of hydrogen-bond acceptors (Lipinski definition) is 6. The molecule has 0 unspecified atom stereocenters. The van der Waals surface area contributed by atoms with Crippen LogP contribution in [0.25, 0.3) is 11.3 Å². The highest BCUT2D eigenvalue weighted by atomic mass is 16.3. The number of carbonyl (C=O) groups is 1. The summed E-state index contributed by atoms with van der Waals surface area (Å²) >= 11 is 0. The smallest absolute Gasteiger partial charge is 0.220 e. The van der Waals surface area contributed by atoms with E-state index in [1.807, 2.05) is 30.9 Å². The second-order valence-corrected chi connectivity index (χ2v) is 6.92. The molecule has 3 N–H and O–H groups in total. The topological polar surface area (TPSA) is 95.6 Å². The van der Waals surface area contributed by atoms with Gasteiger partial charge in [0.2, 0.25) is 5.91 Å². The third-order valence-electron chi connectivity index (χ3n) is 4.60. The third-order valence-corrected chi connectivity index (χ3v) is 4.60. The fourth-order valence-corrected chi connectivity index (χ4v) is 3.41. The zero-order valence-corrected chi connectivity index (χ0v) is 14.7. The van der Waals surface area contributed by atoms with Crippen LogP contribution in [-0.4, -0.2) is 51.3 Å². The van der Waals surface area contributed by atoms with Crippen LogP contribution < -0.4 is 10.6 Å². The number of carbonyl (C=O) groups excluding carboxylic acids is 1. The van der Waals surface area contributed by atoms with E-state index in [1.165, 1.54) is 0 Å². The van der Waals surface area contributed by atoms with Crippen LogP contribution in [-0.2, 0) is 4.79 Å². The van der Waals surface area contributed by atoms with Crippen LogP contribution in [0, 0.1) is 0 Å². The first kappa shape index (κ1) is 17.0. The fraction of sp³-hybridized carbons (Fsp3) is 0.389. The monoisotopic (exact) mass is 341 g/mol. The number of nitrogens with two attached hydrogens (primary N) is 1. The van der Waals surface area contributed by atoms with Gasteiger partial charge in [-0.3, -0.25) is 4.79 Å². The van der Waals surface area contributed by atoms with Crippen LogP contribution in [0.3, 0.4) is 0 Å². The van der Waals surface area contributed by atoms with Crippen molar-refractivity contribution in [3.05, 3.63) is 30.3 Å². The molecule has 0 spiro atoms. The van der Waals surface area contributed by atoms with Crippen LogP contribution in [0.5, 0.6) is 5.75 Å². The molecule has 0 aliphatic carbocycles.